The molecule has 2 heterocycles. The molecule has 0 aliphatic carbocycles. The van der Waals surface area contributed by atoms with Crippen molar-refractivity contribution in [3.63, 3.8) is 0 Å². The fourth-order valence-electron chi connectivity index (χ4n) is 2.89. The zero-order valence-corrected chi connectivity index (χ0v) is 15.3. The number of piperidine rings is 1. The highest BCUT2D eigenvalue weighted by molar-refractivity contribution is 5.85. The molecule has 8 heteroatoms. The van der Waals surface area contributed by atoms with Gasteiger partial charge in [-0.25, -0.2) is 4.98 Å². The first kappa shape index (κ1) is 20.6. The van der Waals surface area contributed by atoms with Gasteiger partial charge >= 0.3 is 0 Å². The number of benzene rings is 1. The van der Waals surface area contributed by atoms with Crippen LogP contribution in [0.5, 0.6) is 11.5 Å². The predicted octanol–water partition coefficient (Wildman–Crippen LogP) is 2.31. The molecule has 3 rings (SSSR count). The first-order valence-corrected chi connectivity index (χ1v) is 7.38. The summed E-state index contributed by atoms with van der Waals surface area (Å²) in [6.07, 6.45) is 4.12. The van der Waals surface area contributed by atoms with Gasteiger partial charge in [-0.05, 0) is 25.1 Å². The van der Waals surface area contributed by atoms with Crippen molar-refractivity contribution in [2.24, 2.45) is 0 Å². The Bertz CT molecular complexity index is 629. The lowest BCUT2D eigenvalue weighted by Gasteiger charge is -2.30. The van der Waals surface area contributed by atoms with Gasteiger partial charge in [0.2, 0.25) is 0 Å². The molecule has 2 atom stereocenters. The highest BCUT2D eigenvalue weighted by Crippen LogP contribution is 2.31. The fraction of sp³-hybridized carbons (Fsp3) is 0.438. The van der Waals surface area contributed by atoms with E-state index in [1.165, 1.54) is 0 Å². The molecule has 2 N–H and O–H groups in total. The summed E-state index contributed by atoms with van der Waals surface area (Å²) in [6.45, 7) is 1.49. The van der Waals surface area contributed by atoms with E-state index in [2.05, 4.69) is 10.3 Å². The minimum atomic E-state index is -0.422. The van der Waals surface area contributed by atoms with Gasteiger partial charge < -0.3 is 24.5 Å². The molecular formula is C16H23Cl2N3O3. The fourth-order valence-corrected chi connectivity index (χ4v) is 2.89. The number of imidazole rings is 1. The molecule has 0 radical (unpaired) electrons. The number of halogens is 2. The van der Waals surface area contributed by atoms with Crippen LogP contribution in [0.25, 0.3) is 11.4 Å². The number of hydrogen-bond acceptors (Lipinski definition) is 5. The molecular weight excluding hydrogens is 353 g/mol. The molecule has 0 amide bonds. The summed E-state index contributed by atoms with van der Waals surface area (Å²) in [6, 6.07) is 5.70. The van der Waals surface area contributed by atoms with Gasteiger partial charge in [0.15, 0.2) is 0 Å². The van der Waals surface area contributed by atoms with Crippen molar-refractivity contribution >= 4 is 24.8 Å². The average Bonchev–Trinajstić information content (AvgIpc) is 3.04. The maximum absolute atomic E-state index is 10.3. The Labute approximate surface area is 154 Å². The van der Waals surface area contributed by atoms with E-state index in [4.69, 9.17) is 9.47 Å². The van der Waals surface area contributed by atoms with Crippen LogP contribution in [0.1, 0.15) is 12.5 Å². The number of hydrogen-bond donors (Lipinski definition) is 2. The van der Waals surface area contributed by atoms with Crippen molar-refractivity contribution in [2.75, 3.05) is 27.3 Å². The topological polar surface area (TPSA) is 68.5 Å². The number of methoxy groups -OCH3 is 2. The van der Waals surface area contributed by atoms with Crippen LogP contribution in [0.15, 0.2) is 30.6 Å². The van der Waals surface area contributed by atoms with Crippen molar-refractivity contribution in [1.82, 2.24) is 14.9 Å². The molecule has 1 aromatic carbocycles. The Morgan fingerprint density at radius 3 is 2.42 bits per heavy atom. The molecule has 0 unspecified atom stereocenters. The number of β-amino-alcohol motifs (C(OH)–C–C–N with tert-alkyl or cyclic N) is 1. The summed E-state index contributed by atoms with van der Waals surface area (Å²) < 4.78 is 12.7. The second kappa shape index (κ2) is 9.13. The van der Waals surface area contributed by atoms with E-state index in [-0.39, 0.29) is 30.9 Å². The van der Waals surface area contributed by atoms with E-state index < -0.39 is 6.10 Å². The molecule has 2 aromatic rings. The Morgan fingerprint density at radius 1 is 1.17 bits per heavy atom. The van der Waals surface area contributed by atoms with Gasteiger partial charge in [-0.15, -0.1) is 24.8 Å². The lowest BCUT2D eigenvalue weighted by molar-refractivity contribution is 0.0880. The van der Waals surface area contributed by atoms with E-state index in [1.807, 2.05) is 29.0 Å². The van der Waals surface area contributed by atoms with Crippen molar-refractivity contribution in [3.05, 3.63) is 30.6 Å². The Morgan fingerprint density at radius 2 is 1.83 bits per heavy atom. The third-order valence-corrected chi connectivity index (χ3v) is 4.05. The molecule has 1 fully saturated rings. The van der Waals surface area contributed by atoms with Gasteiger partial charge in [0.1, 0.15) is 17.3 Å². The van der Waals surface area contributed by atoms with Crippen LogP contribution in [0, 0.1) is 0 Å². The van der Waals surface area contributed by atoms with Gasteiger partial charge in [-0.2, -0.15) is 0 Å². The number of nitrogens with zero attached hydrogens (tertiary/aromatic N) is 2. The van der Waals surface area contributed by atoms with Crippen LogP contribution < -0.4 is 14.8 Å². The lowest BCUT2D eigenvalue weighted by Crippen LogP contribution is -2.41. The molecule has 0 spiro atoms. The highest BCUT2D eigenvalue weighted by atomic mass is 35.5. The molecule has 24 heavy (non-hydrogen) atoms. The molecule has 1 aliphatic rings. The van der Waals surface area contributed by atoms with Crippen LogP contribution >= 0.6 is 24.8 Å². The SMILES string of the molecule is COc1cc(OC)cc(-c2nccn2[C@H]2CCNC[C@@H]2O)c1.Cl.Cl. The first-order chi connectivity index (χ1) is 10.7. The standard InChI is InChI=1S/C16H21N3O3.2ClH/c1-21-12-7-11(8-13(9-12)22-2)16-18-5-6-19(16)14-3-4-17-10-15(14)20;;/h5-9,14-15,17,20H,3-4,10H2,1-2H3;2*1H/t14-,15-;;/m0../s1. The Hall–Kier alpha value is -1.47. The van der Waals surface area contributed by atoms with Gasteiger partial charge in [0, 0.05) is 30.6 Å². The number of nitrogens with one attached hydrogen (secondary N) is 1. The summed E-state index contributed by atoms with van der Waals surface area (Å²) in [4.78, 5) is 4.47. The second-order valence-corrected chi connectivity index (χ2v) is 5.39. The third kappa shape index (κ3) is 4.13. The van der Waals surface area contributed by atoms with Crippen molar-refractivity contribution in [1.29, 1.82) is 0 Å². The maximum Gasteiger partial charge on any atom is 0.140 e. The molecule has 1 aromatic heterocycles. The molecule has 0 bridgehead atoms. The number of rotatable bonds is 4. The molecule has 1 aliphatic heterocycles. The molecule has 0 saturated carbocycles. The summed E-state index contributed by atoms with van der Waals surface area (Å²) in [5, 5.41) is 13.5. The van der Waals surface area contributed by atoms with Crippen molar-refractivity contribution < 1.29 is 14.6 Å². The predicted molar refractivity (Wildman–Crippen MR) is 97.8 cm³/mol. The van der Waals surface area contributed by atoms with Crippen LogP contribution in [0.2, 0.25) is 0 Å². The molecule has 1 saturated heterocycles. The van der Waals surface area contributed by atoms with Gasteiger partial charge in [-0.3, -0.25) is 0 Å². The van der Waals surface area contributed by atoms with E-state index in [0.29, 0.717) is 6.54 Å². The summed E-state index contributed by atoms with van der Waals surface area (Å²) in [5.74, 6) is 2.24. The van der Waals surface area contributed by atoms with Crippen LogP contribution in [-0.2, 0) is 0 Å². The van der Waals surface area contributed by atoms with Crippen LogP contribution in [0.3, 0.4) is 0 Å². The maximum atomic E-state index is 10.3. The minimum absolute atomic E-state index is 0. The van der Waals surface area contributed by atoms with Crippen molar-refractivity contribution in [3.8, 4) is 22.9 Å². The normalized spacial score (nSPS) is 19.8. The highest BCUT2D eigenvalue weighted by Gasteiger charge is 2.26. The van der Waals surface area contributed by atoms with Crippen LogP contribution in [0.4, 0.5) is 0 Å². The smallest absolute Gasteiger partial charge is 0.140 e. The third-order valence-electron chi connectivity index (χ3n) is 4.05. The van der Waals surface area contributed by atoms with E-state index in [1.54, 1.807) is 20.4 Å². The zero-order chi connectivity index (χ0) is 15.5. The number of ether oxygens (including phenoxy) is 2. The van der Waals surface area contributed by atoms with E-state index >= 15 is 0 Å². The molecule has 134 valence electrons. The van der Waals surface area contributed by atoms with Gasteiger partial charge in [-0.1, -0.05) is 0 Å². The summed E-state index contributed by atoms with van der Waals surface area (Å²) in [5.41, 5.74) is 0.909. The van der Waals surface area contributed by atoms with E-state index in [9.17, 15) is 5.11 Å². The first-order valence-electron chi connectivity index (χ1n) is 7.38. The number of aromatic nitrogens is 2. The minimum Gasteiger partial charge on any atom is -0.497 e. The number of aliphatic hydroxyl groups is 1. The molecule has 6 nitrogen and oxygen atoms in total. The van der Waals surface area contributed by atoms with E-state index in [0.717, 1.165) is 35.9 Å². The average molecular weight is 376 g/mol. The second-order valence-electron chi connectivity index (χ2n) is 5.39. The zero-order valence-electron chi connectivity index (χ0n) is 13.6. The largest absolute Gasteiger partial charge is 0.497 e. The lowest BCUT2D eigenvalue weighted by atomic mass is 10.0. The Balaban J connectivity index is 0.00000144. The Kier molecular flexibility index (Phi) is 7.83. The monoisotopic (exact) mass is 375 g/mol. The van der Waals surface area contributed by atoms with Crippen molar-refractivity contribution in [2.45, 2.75) is 18.6 Å². The van der Waals surface area contributed by atoms with Crippen LogP contribution in [-0.4, -0.2) is 48.1 Å². The number of aliphatic hydroxyl groups excluding tert-OH is 1. The quantitative estimate of drug-likeness (QED) is 0.857. The summed E-state index contributed by atoms with van der Waals surface area (Å²) >= 11 is 0. The van der Waals surface area contributed by atoms with Gasteiger partial charge in [0.25, 0.3) is 0 Å². The summed E-state index contributed by atoms with van der Waals surface area (Å²) in [7, 11) is 3.25. The van der Waals surface area contributed by atoms with Gasteiger partial charge in [0.05, 0.1) is 26.4 Å².